The van der Waals surface area contributed by atoms with Crippen molar-refractivity contribution in [3.8, 4) is 0 Å². The molecule has 5 heteroatoms. The average Bonchev–Trinajstić information content (AvgIpc) is 2.61. The molecule has 0 spiro atoms. The van der Waals surface area contributed by atoms with Crippen LogP contribution < -0.4 is 0 Å². The third-order valence-corrected chi connectivity index (χ3v) is 5.13. The molecular weight excluding hydrogens is 354 g/mol. The van der Waals surface area contributed by atoms with Crippen LogP contribution in [0.15, 0.2) is 30.3 Å². The highest BCUT2D eigenvalue weighted by Gasteiger charge is 2.39. The normalized spacial score (nSPS) is 15.5. The first-order valence-corrected chi connectivity index (χ1v) is 9.99. The SMILES string of the molecule is CCC(O)C(=O)O[C@H](C[C@H](N(C)C(=O)c1ccccc1)C(C)(C)C)C(C)(C)C. The fourth-order valence-corrected chi connectivity index (χ4v) is 3.19. The van der Waals surface area contributed by atoms with Gasteiger partial charge in [-0.2, -0.15) is 0 Å². The lowest BCUT2D eigenvalue weighted by molar-refractivity contribution is -0.166. The van der Waals surface area contributed by atoms with Gasteiger partial charge >= 0.3 is 5.97 Å². The van der Waals surface area contributed by atoms with Crippen molar-refractivity contribution < 1.29 is 19.4 Å². The molecule has 0 saturated carbocycles. The Morgan fingerprint density at radius 1 is 1.04 bits per heavy atom. The Balaban J connectivity index is 3.13. The van der Waals surface area contributed by atoms with E-state index in [1.165, 1.54) is 0 Å². The number of nitrogens with zero attached hydrogens (tertiary/aromatic N) is 1. The van der Waals surface area contributed by atoms with Crippen LogP contribution in [-0.2, 0) is 9.53 Å². The van der Waals surface area contributed by atoms with E-state index in [1.54, 1.807) is 31.0 Å². The zero-order chi connectivity index (χ0) is 21.7. The molecule has 0 aliphatic heterocycles. The van der Waals surface area contributed by atoms with Crippen molar-refractivity contribution in [2.24, 2.45) is 10.8 Å². The molecule has 0 heterocycles. The summed E-state index contributed by atoms with van der Waals surface area (Å²) in [5.74, 6) is -0.666. The van der Waals surface area contributed by atoms with Gasteiger partial charge < -0.3 is 14.7 Å². The number of carbonyl (C=O) groups is 2. The Labute approximate surface area is 170 Å². The topological polar surface area (TPSA) is 66.8 Å². The maximum Gasteiger partial charge on any atom is 0.335 e. The lowest BCUT2D eigenvalue weighted by Crippen LogP contribution is -2.49. The summed E-state index contributed by atoms with van der Waals surface area (Å²) in [5, 5.41) is 9.84. The zero-order valence-electron chi connectivity index (χ0n) is 18.7. The number of ether oxygens (including phenoxy) is 1. The van der Waals surface area contributed by atoms with Gasteiger partial charge in [-0.05, 0) is 29.4 Å². The number of benzene rings is 1. The van der Waals surface area contributed by atoms with Crippen LogP contribution in [0.1, 0.15) is 71.7 Å². The largest absolute Gasteiger partial charge is 0.460 e. The first kappa shape index (κ1) is 24.2. The van der Waals surface area contributed by atoms with Gasteiger partial charge in [0.1, 0.15) is 6.10 Å². The van der Waals surface area contributed by atoms with Crippen molar-refractivity contribution in [3.05, 3.63) is 35.9 Å². The van der Waals surface area contributed by atoms with Crippen molar-refractivity contribution >= 4 is 11.9 Å². The molecule has 1 aromatic carbocycles. The van der Waals surface area contributed by atoms with E-state index in [9.17, 15) is 14.7 Å². The van der Waals surface area contributed by atoms with Crippen LogP contribution >= 0.6 is 0 Å². The quantitative estimate of drug-likeness (QED) is 0.704. The highest BCUT2D eigenvalue weighted by atomic mass is 16.6. The van der Waals surface area contributed by atoms with Crippen LogP contribution in [0.4, 0.5) is 0 Å². The van der Waals surface area contributed by atoms with Gasteiger partial charge in [0, 0.05) is 25.1 Å². The molecule has 0 bridgehead atoms. The lowest BCUT2D eigenvalue weighted by Gasteiger charge is -2.42. The maximum absolute atomic E-state index is 13.0. The molecular formula is C23H37NO4. The molecule has 28 heavy (non-hydrogen) atoms. The predicted octanol–water partition coefficient (Wildman–Crippen LogP) is 4.29. The van der Waals surface area contributed by atoms with E-state index < -0.39 is 18.2 Å². The van der Waals surface area contributed by atoms with Crippen LogP contribution in [0.3, 0.4) is 0 Å². The second kappa shape index (κ2) is 9.55. The molecule has 0 radical (unpaired) electrons. The number of amides is 1. The van der Waals surface area contributed by atoms with Gasteiger partial charge in [0.05, 0.1) is 0 Å². The van der Waals surface area contributed by atoms with E-state index in [0.29, 0.717) is 18.4 Å². The highest BCUT2D eigenvalue weighted by molar-refractivity contribution is 5.94. The summed E-state index contributed by atoms with van der Waals surface area (Å²) >= 11 is 0. The summed E-state index contributed by atoms with van der Waals surface area (Å²) in [6, 6.07) is 9.02. The Hall–Kier alpha value is -1.88. The number of hydrogen-bond acceptors (Lipinski definition) is 4. The number of hydrogen-bond donors (Lipinski definition) is 1. The zero-order valence-corrected chi connectivity index (χ0v) is 18.7. The van der Waals surface area contributed by atoms with E-state index in [2.05, 4.69) is 20.8 Å². The average molecular weight is 392 g/mol. The molecule has 0 aliphatic rings. The monoisotopic (exact) mass is 391 g/mol. The number of carbonyl (C=O) groups excluding carboxylic acids is 2. The summed E-state index contributed by atoms with van der Waals surface area (Å²) < 4.78 is 5.70. The van der Waals surface area contributed by atoms with Gasteiger partial charge in [-0.3, -0.25) is 4.79 Å². The minimum atomic E-state index is -1.12. The van der Waals surface area contributed by atoms with E-state index in [4.69, 9.17) is 4.74 Å². The number of aliphatic hydroxyl groups excluding tert-OH is 1. The number of aliphatic hydroxyl groups is 1. The van der Waals surface area contributed by atoms with Gasteiger partial charge in [0.2, 0.25) is 0 Å². The summed E-state index contributed by atoms with van der Waals surface area (Å²) in [6.45, 7) is 14.0. The van der Waals surface area contributed by atoms with E-state index >= 15 is 0 Å². The maximum atomic E-state index is 13.0. The molecule has 3 atom stereocenters. The molecule has 1 rings (SSSR count). The second-order valence-corrected chi connectivity index (χ2v) is 9.62. The van der Waals surface area contributed by atoms with Crippen molar-refractivity contribution in [1.29, 1.82) is 0 Å². The summed E-state index contributed by atoms with van der Waals surface area (Å²) in [6.07, 6.45) is -0.757. The molecule has 1 unspecified atom stereocenters. The standard InChI is InChI=1S/C23H37NO4/c1-9-17(25)21(27)28-19(23(5,6)7)15-18(22(2,3)4)24(8)20(26)16-13-11-10-12-14-16/h10-14,17-19,25H,9,15H2,1-8H3/t17?,18-,19+/m0/s1. The van der Waals surface area contributed by atoms with Crippen molar-refractivity contribution in [2.75, 3.05) is 7.05 Å². The summed E-state index contributed by atoms with van der Waals surface area (Å²) in [5.41, 5.74) is 0.0757. The molecule has 0 fully saturated rings. The van der Waals surface area contributed by atoms with Gasteiger partial charge in [-0.15, -0.1) is 0 Å². The molecule has 1 amide bonds. The van der Waals surface area contributed by atoms with E-state index in [1.807, 2.05) is 39.0 Å². The third-order valence-electron chi connectivity index (χ3n) is 5.13. The van der Waals surface area contributed by atoms with Crippen LogP contribution in [0, 0.1) is 10.8 Å². The van der Waals surface area contributed by atoms with Crippen LogP contribution in [0.5, 0.6) is 0 Å². The Bertz CT molecular complexity index is 643. The van der Waals surface area contributed by atoms with Crippen molar-refractivity contribution in [1.82, 2.24) is 4.90 Å². The molecule has 158 valence electrons. The second-order valence-electron chi connectivity index (χ2n) is 9.62. The fourth-order valence-electron chi connectivity index (χ4n) is 3.19. The van der Waals surface area contributed by atoms with Crippen molar-refractivity contribution in [3.63, 3.8) is 0 Å². The van der Waals surface area contributed by atoms with Crippen LogP contribution in [0.25, 0.3) is 0 Å². The first-order valence-electron chi connectivity index (χ1n) is 9.99. The number of esters is 1. The van der Waals surface area contributed by atoms with Gasteiger partial charge in [-0.25, -0.2) is 4.79 Å². The fraction of sp³-hybridized carbons (Fsp3) is 0.652. The molecule has 0 aromatic heterocycles. The van der Waals surface area contributed by atoms with Crippen molar-refractivity contribution in [2.45, 2.75) is 79.6 Å². The lowest BCUT2D eigenvalue weighted by atomic mass is 9.77. The minimum Gasteiger partial charge on any atom is -0.460 e. The molecule has 1 aromatic rings. The molecule has 5 nitrogen and oxygen atoms in total. The Morgan fingerprint density at radius 2 is 1.57 bits per heavy atom. The van der Waals surface area contributed by atoms with Crippen LogP contribution in [0.2, 0.25) is 0 Å². The molecule has 1 N–H and O–H groups in total. The van der Waals surface area contributed by atoms with Gasteiger partial charge in [-0.1, -0.05) is 66.7 Å². The summed E-state index contributed by atoms with van der Waals surface area (Å²) in [7, 11) is 1.80. The van der Waals surface area contributed by atoms with Gasteiger partial charge in [0.25, 0.3) is 5.91 Å². The smallest absolute Gasteiger partial charge is 0.335 e. The van der Waals surface area contributed by atoms with Gasteiger partial charge in [0.15, 0.2) is 6.10 Å². The third kappa shape index (κ3) is 6.62. The Kier molecular flexibility index (Phi) is 8.24. The van der Waals surface area contributed by atoms with Crippen LogP contribution in [-0.4, -0.2) is 47.2 Å². The predicted molar refractivity (Wildman–Crippen MR) is 112 cm³/mol. The molecule has 0 aliphatic carbocycles. The van der Waals surface area contributed by atoms with E-state index in [-0.39, 0.29) is 22.8 Å². The molecule has 0 saturated heterocycles. The Morgan fingerprint density at radius 3 is 2.00 bits per heavy atom. The highest BCUT2D eigenvalue weighted by Crippen LogP contribution is 2.34. The summed E-state index contributed by atoms with van der Waals surface area (Å²) in [4.78, 5) is 27.0. The minimum absolute atomic E-state index is 0.0619. The van der Waals surface area contributed by atoms with E-state index in [0.717, 1.165) is 0 Å². The number of rotatable bonds is 7. The first-order chi connectivity index (χ1) is 12.8.